The standard InChI is InChI=1S/C14H19N3O3/c1-20-14-8-12(15)10(7-13(14)17(18)19)9-16-11-5-3-2-4-6-11/h7-9,11,15-16H,2-6H2,1H3/b10-9-,15-12?. The average Bonchev–Trinajstić information content (AvgIpc) is 2.46. The van der Waals surface area contributed by atoms with E-state index < -0.39 is 4.92 Å². The molecule has 2 aliphatic carbocycles. The Morgan fingerprint density at radius 1 is 1.40 bits per heavy atom. The zero-order valence-corrected chi connectivity index (χ0v) is 11.5. The Hall–Kier alpha value is -2.11. The van der Waals surface area contributed by atoms with Gasteiger partial charge in [0.05, 0.1) is 17.7 Å². The first-order valence-corrected chi connectivity index (χ1v) is 6.79. The Labute approximate surface area is 117 Å². The maximum Gasteiger partial charge on any atom is 0.311 e. The molecular weight excluding hydrogens is 258 g/mol. The van der Waals surface area contributed by atoms with Crippen molar-refractivity contribution in [2.75, 3.05) is 7.11 Å². The molecule has 0 bridgehead atoms. The first kappa shape index (κ1) is 14.3. The molecule has 6 nitrogen and oxygen atoms in total. The van der Waals surface area contributed by atoms with E-state index in [2.05, 4.69) is 5.32 Å². The average molecular weight is 277 g/mol. The van der Waals surface area contributed by atoms with Gasteiger partial charge in [0.15, 0.2) is 5.76 Å². The number of ether oxygens (including phenoxy) is 1. The number of nitrogens with zero attached hydrogens (tertiary/aromatic N) is 1. The van der Waals surface area contributed by atoms with Gasteiger partial charge in [-0.3, -0.25) is 10.1 Å². The molecule has 2 aliphatic rings. The summed E-state index contributed by atoms with van der Waals surface area (Å²) < 4.78 is 4.94. The summed E-state index contributed by atoms with van der Waals surface area (Å²) in [6, 6.07) is 0.407. The predicted octanol–water partition coefficient (Wildman–Crippen LogP) is 2.52. The Bertz CT molecular complexity index is 500. The van der Waals surface area contributed by atoms with Crippen molar-refractivity contribution < 1.29 is 9.66 Å². The Morgan fingerprint density at radius 3 is 2.70 bits per heavy atom. The summed E-state index contributed by atoms with van der Waals surface area (Å²) in [6.45, 7) is 0. The van der Waals surface area contributed by atoms with Gasteiger partial charge in [-0.25, -0.2) is 0 Å². The molecule has 2 N–H and O–H groups in total. The summed E-state index contributed by atoms with van der Waals surface area (Å²) in [4.78, 5) is 10.5. The van der Waals surface area contributed by atoms with Crippen LogP contribution >= 0.6 is 0 Å². The van der Waals surface area contributed by atoms with Crippen LogP contribution in [-0.2, 0) is 4.74 Å². The summed E-state index contributed by atoms with van der Waals surface area (Å²) in [7, 11) is 1.37. The zero-order valence-electron chi connectivity index (χ0n) is 11.5. The van der Waals surface area contributed by atoms with Crippen LogP contribution in [0.2, 0.25) is 0 Å². The second-order valence-corrected chi connectivity index (χ2v) is 5.01. The van der Waals surface area contributed by atoms with E-state index in [1.54, 1.807) is 6.20 Å². The van der Waals surface area contributed by atoms with Gasteiger partial charge in [0.1, 0.15) is 0 Å². The number of allylic oxidation sites excluding steroid dienone is 3. The second kappa shape index (κ2) is 6.36. The number of hydrogen-bond acceptors (Lipinski definition) is 5. The van der Waals surface area contributed by atoms with Crippen LogP contribution in [0.4, 0.5) is 0 Å². The third kappa shape index (κ3) is 3.26. The highest BCUT2D eigenvalue weighted by Gasteiger charge is 2.25. The number of nitro groups is 1. The maximum atomic E-state index is 11.0. The van der Waals surface area contributed by atoms with E-state index in [1.807, 2.05) is 0 Å². The maximum absolute atomic E-state index is 11.0. The third-order valence-electron chi connectivity index (χ3n) is 3.63. The molecular formula is C14H19N3O3. The van der Waals surface area contributed by atoms with Crippen LogP contribution in [0.1, 0.15) is 32.1 Å². The monoisotopic (exact) mass is 277 g/mol. The topological polar surface area (TPSA) is 88.2 Å². The first-order chi connectivity index (χ1) is 9.61. The molecule has 0 atom stereocenters. The fourth-order valence-corrected chi connectivity index (χ4v) is 2.49. The van der Waals surface area contributed by atoms with E-state index in [0.717, 1.165) is 12.8 Å². The smallest absolute Gasteiger partial charge is 0.311 e. The van der Waals surface area contributed by atoms with Gasteiger partial charge >= 0.3 is 5.70 Å². The number of nitrogens with one attached hydrogen (secondary N) is 2. The van der Waals surface area contributed by atoms with Crippen LogP contribution in [-0.4, -0.2) is 23.8 Å². The van der Waals surface area contributed by atoms with E-state index in [-0.39, 0.29) is 17.2 Å². The first-order valence-electron chi connectivity index (χ1n) is 6.79. The zero-order chi connectivity index (χ0) is 14.5. The molecule has 0 amide bonds. The van der Waals surface area contributed by atoms with Gasteiger partial charge in [-0.1, -0.05) is 19.3 Å². The van der Waals surface area contributed by atoms with E-state index >= 15 is 0 Å². The van der Waals surface area contributed by atoms with Gasteiger partial charge in [0.2, 0.25) is 0 Å². The van der Waals surface area contributed by atoms with Crippen LogP contribution in [0, 0.1) is 15.5 Å². The van der Waals surface area contributed by atoms with Crippen molar-refractivity contribution in [1.29, 1.82) is 5.41 Å². The van der Waals surface area contributed by atoms with Crippen LogP contribution in [0.3, 0.4) is 0 Å². The quantitative estimate of drug-likeness (QED) is 0.610. The van der Waals surface area contributed by atoms with Gasteiger partial charge in [0, 0.05) is 30.0 Å². The molecule has 6 heteroatoms. The van der Waals surface area contributed by atoms with E-state index in [4.69, 9.17) is 10.1 Å². The summed E-state index contributed by atoms with van der Waals surface area (Å²) >= 11 is 0. The van der Waals surface area contributed by atoms with Crippen molar-refractivity contribution in [3.05, 3.63) is 45.5 Å². The van der Waals surface area contributed by atoms with Gasteiger partial charge < -0.3 is 15.5 Å². The Morgan fingerprint density at radius 2 is 2.10 bits per heavy atom. The molecule has 0 aromatic rings. The Balaban J connectivity index is 2.12. The molecule has 20 heavy (non-hydrogen) atoms. The fraction of sp³-hybridized carbons (Fsp3) is 0.500. The Kier molecular flexibility index (Phi) is 4.55. The molecule has 1 fully saturated rings. The van der Waals surface area contributed by atoms with Gasteiger partial charge in [-0.2, -0.15) is 0 Å². The third-order valence-corrected chi connectivity index (χ3v) is 3.63. The van der Waals surface area contributed by atoms with Crippen molar-refractivity contribution in [3.63, 3.8) is 0 Å². The van der Waals surface area contributed by atoms with Crippen molar-refractivity contribution in [1.82, 2.24) is 5.32 Å². The van der Waals surface area contributed by atoms with Crippen LogP contribution in [0.5, 0.6) is 0 Å². The van der Waals surface area contributed by atoms with Crippen LogP contribution in [0.25, 0.3) is 0 Å². The van der Waals surface area contributed by atoms with Gasteiger partial charge in [0.25, 0.3) is 0 Å². The molecule has 0 aromatic heterocycles. The van der Waals surface area contributed by atoms with Crippen molar-refractivity contribution in [3.8, 4) is 0 Å². The minimum absolute atomic E-state index is 0.111. The molecule has 108 valence electrons. The molecule has 1 saturated carbocycles. The normalized spacial score (nSPS) is 22.2. The lowest BCUT2D eigenvalue weighted by molar-refractivity contribution is -0.424. The lowest BCUT2D eigenvalue weighted by Gasteiger charge is -2.22. The lowest BCUT2D eigenvalue weighted by Crippen LogP contribution is -2.27. The summed E-state index contributed by atoms with van der Waals surface area (Å²) in [5, 5.41) is 22.2. The van der Waals surface area contributed by atoms with Gasteiger partial charge in [-0.15, -0.1) is 0 Å². The molecule has 0 aliphatic heterocycles. The predicted molar refractivity (Wildman–Crippen MR) is 76.0 cm³/mol. The summed E-state index contributed by atoms with van der Waals surface area (Å²) in [6.07, 6.45) is 10.4. The highest BCUT2D eigenvalue weighted by molar-refractivity contribution is 6.10. The molecule has 0 heterocycles. The van der Waals surface area contributed by atoms with Crippen molar-refractivity contribution in [2.45, 2.75) is 38.1 Å². The minimum atomic E-state index is -0.490. The largest absolute Gasteiger partial charge is 0.490 e. The number of methoxy groups -OCH3 is 1. The van der Waals surface area contributed by atoms with Gasteiger partial charge in [-0.05, 0) is 12.8 Å². The van der Waals surface area contributed by atoms with E-state index in [1.165, 1.54) is 38.5 Å². The van der Waals surface area contributed by atoms with E-state index in [0.29, 0.717) is 11.6 Å². The molecule has 2 rings (SSSR count). The summed E-state index contributed by atoms with van der Waals surface area (Å²) in [5.74, 6) is 0.120. The molecule has 0 unspecified atom stereocenters. The fourth-order valence-electron chi connectivity index (χ4n) is 2.49. The molecule has 0 saturated heterocycles. The lowest BCUT2D eigenvalue weighted by atomic mass is 9.95. The molecule has 0 radical (unpaired) electrons. The highest BCUT2D eigenvalue weighted by atomic mass is 16.6. The van der Waals surface area contributed by atoms with Crippen LogP contribution < -0.4 is 5.32 Å². The number of hydrogen-bond donors (Lipinski definition) is 2. The summed E-state index contributed by atoms with van der Waals surface area (Å²) in [5.41, 5.74) is 0.624. The second-order valence-electron chi connectivity index (χ2n) is 5.01. The highest BCUT2D eigenvalue weighted by Crippen LogP contribution is 2.22. The van der Waals surface area contributed by atoms with Crippen molar-refractivity contribution >= 4 is 5.71 Å². The minimum Gasteiger partial charge on any atom is -0.490 e. The SMILES string of the molecule is COC1=CC(=N)/C(=C\NC2CCCCC2)C=C1[N+](=O)[O-]. The van der Waals surface area contributed by atoms with Crippen molar-refractivity contribution in [2.24, 2.45) is 0 Å². The molecule has 0 aromatic carbocycles. The molecule has 0 spiro atoms. The number of rotatable bonds is 4. The van der Waals surface area contributed by atoms with E-state index in [9.17, 15) is 10.1 Å². The van der Waals surface area contributed by atoms with Crippen LogP contribution in [0.15, 0.2) is 35.4 Å².